The van der Waals surface area contributed by atoms with Gasteiger partial charge in [-0.1, -0.05) is 6.07 Å². The van der Waals surface area contributed by atoms with E-state index in [0.717, 1.165) is 13.0 Å². The van der Waals surface area contributed by atoms with Gasteiger partial charge in [0.15, 0.2) is 11.3 Å². The second-order valence-electron chi connectivity index (χ2n) is 5.79. The Hall–Kier alpha value is -3.12. The van der Waals surface area contributed by atoms with E-state index in [-0.39, 0.29) is 6.07 Å². The molecule has 0 aliphatic rings. The third-order valence-corrected chi connectivity index (χ3v) is 3.96. The van der Waals surface area contributed by atoms with Crippen LogP contribution in [0.2, 0.25) is 0 Å². The second-order valence-corrected chi connectivity index (χ2v) is 5.79. The zero-order valence-corrected chi connectivity index (χ0v) is 13.7. The van der Waals surface area contributed by atoms with Gasteiger partial charge in [-0.2, -0.15) is 36.4 Å². The number of aromatic nitrogens is 4. The normalized spacial score (nSPS) is 13.9. The fourth-order valence-corrected chi connectivity index (χ4v) is 2.68. The number of fused-ring (bicyclic) bond motifs is 1. The first kappa shape index (κ1) is 19.6. The third-order valence-electron chi connectivity index (χ3n) is 3.96. The minimum absolute atomic E-state index is 0.194. The lowest BCUT2D eigenvalue weighted by molar-refractivity contribution is -0.140. The minimum atomic E-state index is -5.08. The van der Waals surface area contributed by atoms with E-state index in [4.69, 9.17) is 0 Å². The molecule has 1 atom stereocenters. The summed E-state index contributed by atoms with van der Waals surface area (Å²) in [6.07, 6.45) is -9.89. The monoisotopic (exact) mass is 410 g/mol. The predicted octanol–water partition coefficient (Wildman–Crippen LogP) is 3.61. The van der Waals surface area contributed by atoms with Crippen molar-refractivity contribution in [3.63, 3.8) is 0 Å². The summed E-state index contributed by atoms with van der Waals surface area (Å²) in [5, 5.41) is 11.7. The molecular formula is C15H9F7N4O2. The Kier molecular flexibility index (Phi) is 4.35. The number of halogens is 7. The molecule has 0 saturated carbocycles. The van der Waals surface area contributed by atoms with E-state index in [1.807, 2.05) is 0 Å². The fraction of sp³-hybridized carbons (Fsp3) is 0.267. The maximum Gasteiger partial charge on any atom is 0.436 e. The molecule has 0 spiro atoms. The Balaban J connectivity index is 2.23. The summed E-state index contributed by atoms with van der Waals surface area (Å²) in [4.78, 5) is 16.9. The zero-order chi connectivity index (χ0) is 21.0. The number of aromatic hydroxyl groups is 1. The number of hydrogen-bond donors (Lipinski definition) is 2. The topological polar surface area (TPSA) is 83.8 Å². The van der Waals surface area contributed by atoms with E-state index in [9.17, 15) is 40.6 Å². The van der Waals surface area contributed by atoms with Crippen LogP contribution in [-0.4, -0.2) is 24.9 Å². The molecule has 2 N–H and O–H groups in total. The molecule has 3 aromatic rings. The van der Waals surface area contributed by atoms with E-state index in [2.05, 4.69) is 10.1 Å². The summed E-state index contributed by atoms with van der Waals surface area (Å²) in [7, 11) is 0. The molecule has 1 aromatic carbocycles. The van der Waals surface area contributed by atoms with Gasteiger partial charge in [-0.25, -0.2) is 9.07 Å². The quantitative estimate of drug-likeness (QED) is 0.633. The summed E-state index contributed by atoms with van der Waals surface area (Å²) in [6, 6.07) is -0.887. The summed E-state index contributed by atoms with van der Waals surface area (Å²) >= 11 is 0. The number of rotatable bonds is 2. The highest BCUT2D eigenvalue weighted by Gasteiger charge is 2.40. The van der Waals surface area contributed by atoms with Crippen LogP contribution in [0.1, 0.15) is 29.8 Å². The van der Waals surface area contributed by atoms with Crippen LogP contribution >= 0.6 is 0 Å². The van der Waals surface area contributed by atoms with E-state index in [1.54, 1.807) is 4.98 Å². The van der Waals surface area contributed by atoms with E-state index < -0.39 is 63.6 Å². The molecule has 2 heterocycles. The van der Waals surface area contributed by atoms with E-state index in [0.29, 0.717) is 10.7 Å². The number of alkyl halides is 6. The third kappa shape index (κ3) is 3.27. The highest BCUT2D eigenvalue weighted by molar-refractivity contribution is 5.78. The molecule has 3 rings (SSSR count). The fourth-order valence-electron chi connectivity index (χ4n) is 2.68. The van der Waals surface area contributed by atoms with Crippen LogP contribution < -0.4 is 5.56 Å². The van der Waals surface area contributed by atoms with Crippen molar-refractivity contribution in [1.29, 1.82) is 0 Å². The van der Waals surface area contributed by atoms with Gasteiger partial charge in [0.25, 0.3) is 11.6 Å². The van der Waals surface area contributed by atoms with Gasteiger partial charge in [0.2, 0.25) is 0 Å². The molecule has 0 unspecified atom stereocenters. The van der Waals surface area contributed by atoms with Crippen molar-refractivity contribution < 1.29 is 35.8 Å². The average Bonchev–Trinajstić information content (AvgIpc) is 2.93. The lowest BCUT2D eigenvalue weighted by Crippen LogP contribution is -2.14. The van der Waals surface area contributed by atoms with Crippen LogP contribution in [0.15, 0.2) is 23.0 Å². The Bertz CT molecular complexity index is 1110. The van der Waals surface area contributed by atoms with Crippen molar-refractivity contribution in [3.05, 3.63) is 51.2 Å². The zero-order valence-electron chi connectivity index (χ0n) is 13.7. The standard InChI is InChI=1S/C15H9F7N4O2/c1-5(7-3-2-6(4-8(7)16)14(17,18)19)26-11-9(10(25-26)15(20,21)22)12(27)24-13(28)23-11/h2-5H,1H3,(H2,23,24,27,28)/t5-/m0/s1. The van der Waals surface area contributed by atoms with Crippen LogP contribution in [0.3, 0.4) is 0 Å². The maximum atomic E-state index is 14.2. The van der Waals surface area contributed by atoms with E-state index >= 15 is 0 Å². The molecule has 150 valence electrons. The van der Waals surface area contributed by atoms with Crippen molar-refractivity contribution in [2.45, 2.75) is 25.3 Å². The van der Waals surface area contributed by atoms with Crippen LogP contribution in [0, 0.1) is 5.82 Å². The second kappa shape index (κ2) is 6.21. The first-order valence-corrected chi connectivity index (χ1v) is 7.46. The largest absolute Gasteiger partial charge is 0.480 e. The highest BCUT2D eigenvalue weighted by Crippen LogP contribution is 2.36. The lowest BCUT2D eigenvalue weighted by atomic mass is 10.0. The number of nitrogens with one attached hydrogen (secondary N) is 1. The molecule has 0 amide bonds. The minimum Gasteiger partial charge on any atom is -0.480 e. The van der Waals surface area contributed by atoms with Crippen molar-refractivity contribution >= 4 is 11.0 Å². The Morgan fingerprint density at radius 3 is 2.32 bits per heavy atom. The molecule has 6 nitrogen and oxygen atoms in total. The van der Waals surface area contributed by atoms with Gasteiger partial charge in [0, 0.05) is 5.56 Å². The molecule has 0 saturated heterocycles. The van der Waals surface area contributed by atoms with Crippen LogP contribution in [0.5, 0.6) is 6.01 Å². The summed E-state index contributed by atoms with van der Waals surface area (Å²) in [6.45, 7) is 1.15. The summed E-state index contributed by atoms with van der Waals surface area (Å²) < 4.78 is 92.4. The van der Waals surface area contributed by atoms with Gasteiger partial charge in [0.1, 0.15) is 11.2 Å². The number of nitrogens with zero attached hydrogens (tertiary/aromatic N) is 3. The Morgan fingerprint density at radius 1 is 1.14 bits per heavy atom. The predicted molar refractivity (Wildman–Crippen MR) is 80.0 cm³/mol. The van der Waals surface area contributed by atoms with Crippen LogP contribution in [0.25, 0.3) is 11.0 Å². The van der Waals surface area contributed by atoms with Crippen LogP contribution in [-0.2, 0) is 12.4 Å². The van der Waals surface area contributed by atoms with Gasteiger partial charge in [-0.05, 0) is 19.1 Å². The van der Waals surface area contributed by atoms with Gasteiger partial charge in [-0.15, -0.1) is 0 Å². The molecule has 0 fully saturated rings. The first-order valence-electron chi connectivity index (χ1n) is 7.46. The highest BCUT2D eigenvalue weighted by atomic mass is 19.4. The van der Waals surface area contributed by atoms with Gasteiger partial charge in [-0.3, -0.25) is 9.78 Å². The number of H-pyrrole nitrogens is 1. The number of aromatic amines is 1. The van der Waals surface area contributed by atoms with Crippen molar-refractivity contribution in [2.75, 3.05) is 0 Å². The number of benzene rings is 1. The van der Waals surface area contributed by atoms with Gasteiger partial charge >= 0.3 is 12.4 Å². The molecule has 0 radical (unpaired) electrons. The Labute approximate surface area is 150 Å². The average molecular weight is 410 g/mol. The van der Waals surface area contributed by atoms with E-state index in [1.165, 1.54) is 0 Å². The molecular weight excluding hydrogens is 401 g/mol. The van der Waals surface area contributed by atoms with Gasteiger partial charge < -0.3 is 5.11 Å². The molecule has 0 bridgehead atoms. The molecule has 2 aromatic heterocycles. The summed E-state index contributed by atoms with van der Waals surface area (Å²) in [5.41, 5.74) is -5.38. The van der Waals surface area contributed by atoms with Crippen molar-refractivity contribution in [1.82, 2.24) is 19.7 Å². The first-order chi connectivity index (χ1) is 12.8. The maximum absolute atomic E-state index is 14.2. The molecule has 13 heteroatoms. The van der Waals surface area contributed by atoms with Crippen LogP contribution in [0.4, 0.5) is 30.7 Å². The SMILES string of the molecule is C[C@@H](c1ccc(C(F)(F)F)cc1F)n1nc(C(F)(F)F)c2c(=O)[nH]c(O)nc21. The molecule has 28 heavy (non-hydrogen) atoms. The van der Waals surface area contributed by atoms with Crippen molar-refractivity contribution in [3.8, 4) is 6.01 Å². The van der Waals surface area contributed by atoms with Crippen molar-refractivity contribution in [2.24, 2.45) is 0 Å². The lowest BCUT2D eigenvalue weighted by Gasteiger charge is -2.16. The molecule has 0 aliphatic carbocycles. The van der Waals surface area contributed by atoms with Gasteiger partial charge in [0.05, 0.1) is 11.6 Å². The smallest absolute Gasteiger partial charge is 0.436 e. The molecule has 0 aliphatic heterocycles. The Morgan fingerprint density at radius 2 is 1.79 bits per heavy atom. The summed E-state index contributed by atoms with van der Waals surface area (Å²) in [5.74, 6) is -1.34. The number of hydrogen-bond acceptors (Lipinski definition) is 4.